The second-order valence-electron chi connectivity index (χ2n) is 3.79. The standard InChI is InChI=1S/C10H20O/c1-9(2)6-4-5-7-10(3)8-11/h8-10H,4-7H2,1-3H3. The van der Waals surface area contributed by atoms with Gasteiger partial charge in [0.15, 0.2) is 0 Å². The fraction of sp³-hybridized carbons (Fsp3) is 0.900. The predicted octanol–water partition coefficient (Wildman–Crippen LogP) is 3.04. The first-order valence-electron chi connectivity index (χ1n) is 4.62. The molecule has 0 spiro atoms. The van der Waals surface area contributed by atoms with E-state index in [1.54, 1.807) is 0 Å². The van der Waals surface area contributed by atoms with Crippen molar-refractivity contribution < 1.29 is 4.79 Å². The summed E-state index contributed by atoms with van der Waals surface area (Å²) in [6.45, 7) is 6.47. The normalized spacial score (nSPS) is 13.5. The highest BCUT2D eigenvalue weighted by Crippen LogP contribution is 2.11. The molecule has 0 aliphatic rings. The second kappa shape index (κ2) is 6.38. The summed E-state index contributed by atoms with van der Waals surface area (Å²) < 4.78 is 0. The van der Waals surface area contributed by atoms with Gasteiger partial charge in [0, 0.05) is 5.92 Å². The molecule has 1 heteroatoms. The smallest absolute Gasteiger partial charge is 0.122 e. The van der Waals surface area contributed by atoms with E-state index in [-0.39, 0.29) is 5.92 Å². The molecule has 0 bridgehead atoms. The van der Waals surface area contributed by atoms with Gasteiger partial charge in [0.25, 0.3) is 0 Å². The van der Waals surface area contributed by atoms with Crippen LogP contribution in [0, 0.1) is 11.8 Å². The Labute approximate surface area is 70.2 Å². The molecule has 0 aromatic heterocycles. The third-order valence-corrected chi connectivity index (χ3v) is 1.92. The lowest BCUT2D eigenvalue weighted by atomic mass is 10.0. The average molecular weight is 156 g/mol. The highest BCUT2D eigenvalue weighted by atomic mass is 16.1. The van der Waals surface area contributed by atoms with Gasteiger partial charge >= 0.3 is 0 Å². The number of carbonyl (C=O) groups excluding carboxylic acids is 1. The Balaban J connectivity index is 3.07. The van der Waals surface area contributed by atoms with Crippen molar-refractivity contribution in [3.8, 4) is 0 Å². The van der Waals surface area contributed by atoms with E-state index in [2.05, 4.69) is 13.8 Å². The average Bonchev–Trinajstić information content (AvgIpc) is 1.97. The topological polar surface area (TPSA) is 17.1 Å². The van der Waals surface area contributed by atoms with Crippen molar-refractivity contribution in [2.24, 2.45) is 11.8 Å². The molecule has 0 radical (unpaired) electrons. The summed E-state index contributed by atoms with van der Waals surface area (Å²) in [6.07, 6.45) is 5.89. The van der Waals surface area contributed by atoms with E-state index in [0.29, 0.717) is 0 Å². The summed E-state index contributed by atoms with van der Waals surface area (Å²) in [5, 5.41) is 0. The third kappa shape index (κ3) is 7.57. The van der Waals surface area contributed by atoms with E-state index in [0.717, 1.165) is 18.6 Å². The molecule has 0 fully saturated rings. The van der Waals surface area contributed by atoms with Gasteiger partial charge in [0.05, 0.1) is 0 Å². The molecule has 0 aliphatic heterocycles. The molecule has 1 nitrogen and oxygen atoms in total. The highest BCUT2D eigenvalue weighted by Gasteiger charge is 1.99. The molecular formula is C10H20O. The van der Waals surface area contributed by atoms with Gasteiger partial charge in [-0.2, -0.15) is 0 Å². The van der Waals surface area contributed by atoms with Crippen molar-refractivity contribution >= 4 is 6.29 Å². The van der Waals surface area contributed by atoms with Crippen molar-refractivity contribution in [3.63, 3.8) is 0 Å². The zero-order valence-corrected chi connectivity index (χ0v) is 7.97. The van der Waals surface area contributed by atoms with Gasteiger partial charge in [0.1, 0.15) is 6.29 Å². The van der Waals surface area contributed by atoms with E-state index < -0.39 is 0 Å². The van der Waals surface area contributed by atoms with Crippen LogP contribution >= 0.6 is 0 Å². The van der Waals surface area contributed by atoms with Crippen LogP contribution in [0.5, 0.6) is 0 Å². The van der Waals surface area contributed by atoms with E-state index in [9.17, 15) is 4.79 Å². The maximum absolute atomic E-state index is 10.2. The van der Waals surface area contributed by atoms with Gasteiger partial charge in [-0.15, -0.1) is 0 Å². The lowest BCUT2D eigenvalue weighted by Crippen LogP contribution is -1.95. The summed E-state index contributed by atoms with van der Waals surface area (Å²) in [4.78, 5) is 10.2. The van der Waals surface area contributed by atoms with Crippen LogP contribution < -0.4 is 0 Å². The Morgan fingerprint density at radius 3 is 2.09 bits per heavy atom. The van der Waals surface area contributed by atoms with Crippen LogP contribution in [0.3, 0.4) is 0 Å². The Bertz CT molecular complexity index is 97.0. The quantitative estimate of drug-likeness (QED) is 0.426. The molecule has 11 heavy (non-hydrogen) atoms. The van der Waals surface area contributed by atoms with Crippen LogP contribution in [0.4, 0.5) is 0 Å². The lowest BCUT2D eigenvalue weighted by molar-refractivity contribution is -0.110. The number of aldehydes is 1. The summed E-state index contributed by atoms with van der Waals surface area (Å²) in [6, 6.07) is 0. The monoisotopic (exact) mass is 156 g/mol. The van der Waals surface area contributed by atoms with Crippen LogP contribution in [0.1, 0.15) is 46.5 Å². The van der Waals surface area contributed by atoms with Gasteiger partial charge in [-0.1, -0.05) is 40.0 Å². The van der Waals surface area contributed by atoms with Gasteiger partial charge in [-0.3, -0.25) is 0 Å². The van der Waals surface area contributed by atoms with Crippen molar-refractivity contribution in [2.75, 3.05) is 0 Å². The Kier molecular flexibility index (Phi) is 6.19. The zero-order chi connectivity index (χ0) is 8.69. The summed E-state index contributed by atoms with van der Waals surface area (Å²) >= 11 is 0. The summed E-state index contributed by atoms with van der Waals surface area (Å²) in [5.74, 6) is 1.07. The molecule has 0 saturated heterocycles. The van der Waals surface area contributed by atoms with Crippen LogP contribution in [0.2, 0.25) is 0 Å². The molecule has 1 unspecified atom stereocenters. The third-order valence-electron chi connectivity index (χ3n) is 1.92. The van der Waals surface area contributed by atoms with Gasteiger partial charge < -0.3 is 4.79 Å². The van der Waals surface area contributed by atoms with Gasteiger partial charge in [-0.05, 0) is 12.3 Å². The van der Waals surface area contributed by atoms with Crippen LogP contribution in [-0.2, 0) is 4.79 Å². The van der Waals surface area contributed by atoms with Crippen molar-refractivity contribution in [3.05, 3.63) is 0 Å². The van der Waals surface area contributed by atoms with E-state index in [1.165, 1.54) is 19.3 Å². The summed E-state index contributed by atoms with van der Waals surface area (Å²) in [7, 11) is 0. The largest absolute Gasteiger partial charge is 0.303 e. The molecule has 0 aromatic rings. The fourth-order valence-electron chi connectivity index (χ4n) is 1.09. The maximum Gasteiger partial charge on any atom is 0.122 e. The minimum atomic E-state index is 0.266. The highest BCUT2D eigenvalue weighted by molar-refractivity contribution is 5.52. The molecular weight excluding hydrogens is 136 g/mol. The number of carbonyl (C=O) groups is 1. The number of unbranched alkanes of at least 4 members (excludes halogenated alkanes) is 1. The zero-order valence-electron chi connectivity index (χ0n) is 7.97. The number of hydrogen-bond donors (Lipinski definition) is 0. The number of hydrogen-bond acceptors (Lipinski definition) is 1. The van der Waals surface area contributed by atoms with E-state index in [1.807, 2.05) is 6.92 Å². The van der Waals surface area contributed by atoms with Crippen LogP contribution in [0.25, 0.3) is 0 Å². The van der Waals surface area contributed by atoms with Gasteiger partial charge in [0.2, 0.25) is 0 Å². The Morgan fingerprint density at radius 2 is 1.64 bits per heavy atom. The molecule has 66 valence electrons. The molecule has 0 saturated carbocycles. The second-order valence-corrected chi connectivity index (χ2v) is 3.79. The lowest BCUT2D eigenvalue weighted by Gasteiger charge is -2.05. The molecule has 0 N–H and O–H groups in total. The van der Waals surface area contributed by atoms with Crippen molar-refractivity contribution in [2.45, 2.75) is 46.5 Å². The van der Waals surface area contributed by atoms with E-state index in [4.69, 9.17) is 0 Å². The Morgan fingerprint density at radius 1 is 1.09 bits per heavy atom. The predicted molar refractivity (Wildman–Crippen MR) is 48.5 cm³/mol. The maximum atomic E-state index is 10.2. The molecule has 0 heterocycles. The fourth-order valence-corrected chi connectivity index (χ4v) is 1.09. The Hall–Kier alpha value is -0.330. The first-order valence-corrected chi connectivity index (χ1v) is 4.62. The molecule has 0 amide bonds. The van der Waals surface area contributed by atoms with Crippen LogP contribution in [-0.4, -0.2) is 6.29 Å². The molecule has 0 rings (SSSR count). The minimum Gasteiger partial charge on any atom is -0.303 e. The minimum absolute atomic E-state index is 0.266. The van der Waals surface area contributed by atoms with Gasteiger partial charge in [-0.25, -0.2) is 0 Å². The molecule has 0 aliphatic carbocycles. The number of rotatable bonds is 6. The first kappa shape index (κ1) is 10.7. The SMILES string of the molecule is CC(C)CCCCC(C)C=O. The van der Waals surface area contributed by atoms with Crippen molar-refractivity contribution in [1.82, 2.24) is 0 Å². The van der Waals surface area contributed by atoms with Crippen molar-refractivity contribution in [1.29, 1.82) is 0 Å². The van der Waals surface area contributed by atoms with E-state index >= 15 is 0 Å². The molecule has 1 atom stereocenters. The first-order chi connectivity index (χ1) is 5.16. The van der Waals surface area contributed by atoms with Crippen LogP contribution in [0.15, 0.2) is 0 Å². The molecule has 0 aromatic carbocycles. The summed E-state index contributed by atoms with van der Waals surface area (Å²) in [5.41, 5.74) is 0.